The molecule has 4 nitrogen and oxygen atoms in total. The number of nitrogens with zero attached hydrogens (tertiary/aromatic N) is 2. The Bertz CT molecular complexity index is 389. The van der Waals surface area contributed by atoms with Crippen LogP contribution in [-0.4, -0.2) is 30.3 Å². The third-order valence-electron chi connectivity index (χ3n) is 2.88. The molecule has 0 saturated carbocycles. The molecule has 0 aliphatic carbocycles. The van der Waals surface area contributed by atoms with Gasteiger partial charge in [-0.2, -0.15) is 0 Å². The molecule has 0 spiro atoms. The summed E-state index contributed by atoms with van der Waals surface area (Å²) in [7, 11) is 0. The van der Waals surface area contributed by atoms with Crippen LogP contribution in [0.1, 0.15) is 19.4 Å². The topological polar surface area (TPSA) is 51.4 Å². The number of aromatic nitrogens is 1. The average Bonchev–Trinajstić information content (AvgIpc) is 2.28. The zero-order valence-electron chi connectivity index (χ0n) is 10.2. The summed E-state index contributed by atoms with van der Waals surface area (Å²) in [5.74, 6) is 0.928. The zero-order chi connectivity index (χ0) is 12.4. The van der Waals surface area contributed by atoms with Crippen molar-refractivity contribution in [1.29, 1.82) is 0 Å². The Morgan fingerprint density at radius 3 is 2.71 bits per heavy atom. The van der Waals surface area contributed by atoms with Crippen molar-refractivity contribution < 1.29 is 4.74 Å². The van der Waals surface area contributed by atoms with E-state index in [4.69, 9.17) is 22.1 Å². The van der Waals surface area contributed by atoms with Gasteiger partial charge in [-0.15, -0.1) is 0 Å². The molecule has 5 heteroatoms. The summed E-state index contributed by atoms with van der Waals surface area (Å²) in [4.78, 5) is 6.58. The smallest absolute Gasteiger partial charge is 0.129 e. The lowest BCUT2D eigenvalue weighted by Gasteiger charge is -2.36. The van der Waals surface area contributed by atoms with E-state index >= 15 is 0 Å². The number of morpholine rings is 1. The molecular weight excluding hydrogens is 238 g/mol. The Morgan fingerprint density at radius 1 is 1.47 bits per heavy atom. The van der Waals surface area contributed by atoms with Crippen LogP contribution >= 0.6 is 11.6 Å². The highest BCUT2D eigenvalue weighted by molar-refractivity contribution is 6.31. The van der Waals surface area contributed by atoms with Gasteiger partial charge in [-0.25, -0.2) is 4.98 Å². The normalized spacial score (nSPS) is 25.1. The van der Waals surface area contributed by atoms with E-state index in [9.17, 15) is 0 Å². The summed E-state index contributed by atoms with van der Waals surface area (Å²) < 4.78 is 5.70. The van der Waals surface area contributed by atoms with E-state index in [2.05, 4.69) is 23.7 Å². The molecule has 0 unspecified atom stereocenters. The standard InChI is InChI=1S/C12H18ClN3O/c1-8-6-16(7-9(2)17-8)12-3-10(4-14)11(13)5-15-12/h3,5,8-9H,4,6-7,14H2,1-2H3/t8-,9+. The number of anilines is 1. The van der Waals surface area contributed by atoms with Gasteiger partial charge in [0, 0.05) is 25.8 Å². The fourth-order valence-electron chi connectivity index (χ4n) is 2.16. The van der Waals surface area contributed by atoms with Crippen molar-refractivity contribution in [2.45, 2.75) is 32.6 Å². The van der Waals surface area contributed by atoms with Crippen LogP contribution in [0.2, 0.25) is 5.02 Å². The Kier molecular flexibility index (Phi) is 3.86. The van der Waals surface area contributed by atoms with Gasteiger partial charge in [0.15, 0.2) is 0 Å². The summed E-state index contributed by atoms with van der Waals surface area (Å²) in [6.07, 6.45) is 2.11. The van der Waals surface area contributed by atoms with E-state index in [1.54, 1.807) is 6.20 Å². The van der Waals surface area contributed by atoms with Crippen molar-refractivity contribution in [1.82, 2.24) is 4.98 Å². The second-order valence-electron chi connectivity index (χ2n) is 4.50. The number of nitrogens with two attached hydrogens (primary N) is 1. The van der Waals surface area contributed by atoms with E-state index in [-0.39, 0.29) is 12.2 Å². The van der Waals surface area contributed by atoms with Crippen molar-refractivity contribution in [3.05, 3.63) is 22.8 Å². The Labute approximate surface area is 107 Å². The first-order chi connectivity index (χ1) is 8.10. The van der Waals surface area contributed by atoms with E-state index in [0.717, 1.165) is 24.5 Å². The minimum absolute atomic E-state index is 0.220. The molecule has 0 aromatic carbocycles. The van der Waals surface area contributed by atoms with Crippen LogP contribution in [0.4, 0.5) is 5.82 Å². The van der Waals surface area contributed by atoms with Gasteiger partial charge in [-0.3, -0.25) is 0 Å². The van der Waals surface area contributed by atoms with Gasteiger partial charge in [-0.05, 0) is 25.5 Å². The maximum absolute atomic E-state index is 6.01. The van der Waals surface area contributed by atoms with Gasteiger partial charge in [0.25, 0.3) is 0 Å². The lowest BCUT2D eigenvalue weighted by atomic mass is 10.2. The van der Waals surface area contributed by atoms with Crippen molar-refractivity contribution >= 4 is 17.4 Å². The molecular formula is C12H18ClN3O. The molecule has 2 rings (SSSR count). The van der Waals surface area contributed by atoms with Gasteiger partial charge in [0.1, 0.15) is 5.82 Å². The van der Waals surface area contributed by atoms with Crippen LogP contribution in [0, 0.1) is 0 Å². The number of halogens is 1. The Hall–Kier alpha value is -0.840. The number of hydrogen-bond acceptors (Lipinski definition) is 4. The first-order valence-corrected chi connectivity index (χ1v) is 6.23. The van der Waals surface area contributed by atoms with Gasteiger partial charge < -0.3 is 15.4 Å². The summed E-state index contributed by atoms with van der Waals surface area (Å²) in [5, 5.41) is 0.630. The van der Waals surface area contributed by atoms with Crippen LogP contribution in [0.25, 0.3) is 0 Å². The molecule has 1 saturated heterocycles. The van der Waals surface area contributed by atoms with Crippen LogP contribution in [0.5, 0.6) is 0 Å². The molecule has 1 aliphatic rings. The predicted octanol–water partition coefficient (Wildman–Crippen LogP) is 1.81. The van der Waals surface area contributed by atoms with Gasteiger partial charge >= 0.3 is 0 Å². The molecule has 2 heterocycles. The maximum Gasteiger partial charge on any atom is 0.129 e. The molecule has 2 atom stereocenters. The molecule has 1 aromatic rings. The fraction of sp³-hybridized carbons (Fsp3) is 0.583. The second kappa shape index (κ2) is 5.21. The van der Waals surface area contributed by atoms with E-state index in [1.165, 1.54) is 0 Å². The molecule has 2 N–H and O–H groups in total. The molecule has 1 fully saturated rings. The number of ether oxygens (including phenoxy) is 1. The molecule has 17 heavy (non-hydrogen) atoms. The average molecular weight is 256 g/mol. The summed E-state index contributed by atoms with van der Waals surface area (Å²) in [5.41, 5.74) is 6.58. The first-order valence-electron chi connectivity index (χ1n) is 5.85. The summed E-state index contributed by atoms with van der Waals surface area (Å²) in [6.45, 7) is 6.28. The second-order valence-corrected chi connectivity index (χ2v) is 4.91. The van der Waals surface area contributed by atoms with Crippen LogP contribution < -0.4 is 10.6 Å². The van der Waals surface area contributed by atoms with Crippen molar-refractivity contribution in [2.24, 2.45) is 5.73 Å². The highest BCUT2D eigenvalue weighted by Crippen LogP contribution is 2.23. The molecule has 0 bridgehead atoms. The summed E-state index contributed by atoms with van der Waals surface area (Å²) in [6, 6.07) is 1.97. The van der Waals surface area contributed by atoms with Crippen LogP contribution in [0.15, 0.2) is 12.3 Å². The molecule has 0 radical (unpaired) electrons. The SMILES string of the molecule is C[C@@H]1CN(c2cc(CN)c(Cl)cn2)C[C@H](C)O1. The largest absolute Gasteiger partial charge is 0.372 e. The van der Waals surface area contributed by atoms with Crippen LogP contribution in [0.3, 0.4) is 0 Å². The quantitative estimate of drug-likeness (QED) is 0.876. The molecule has 0 amide bonds. The molecule has 1 aromatic heterocycles. The van der Waals surface area contributed by atoms with E-state index in [1.807, 2.05) is 6.07 Å². The Morgan fingerprint density at radius 2 is 2.12 bits per heavy atom. The Balaban J connectivity index is 2.21. The summed E-state index contributed by atoms with van der Waals surface area (Å²) >= 11 is 6.01. The van der Waals surface area contributed by atoms with Crippen molar-refractivity contribution in [3.8, 4) is 0 Å². The van der Waals surface area contributed by atoms with Crippen molar-refractivity contribution in [2.75, 3.05) is 18.0 Å². The highest BCUT2D eigenvalue weighted by atomic mass is 35.5. The highest BCUT2D eigenvalue weighted by Gasteiger charge is 2.23. The van der Waals surface area contributed by atoms with Crippen molar-refractivity contribution in [3.63, 3.8) is 0 Å². The number of pyridine rings is 1. The fourth-order valence-corrected chi connectivity index (χ4v) is 2.34. The lowest BCUT2D eigenvalue weighted by Crippen LogP contribution is -2.45. The maximum atomic E-state index is 6.01. The van der Waals surface area contributed by atoms with Crippen LogP contribution in [-0.2, 0) is 11.3 Å². The third kappa shape index (κ3) is 2.89. The number of rotatable bonds is 2. The third-order valence-corrected chi connectivity index (χ3v) is 3.22. The van der Waals surface area contributed by atoms with E-state index < -0.39 is 0 Å². The molecule has 1 aliphatic heterocycles. The lowest BCUT2D eigenvalue weighted by molar-refractivity contribution is -0.00546. The van der Waals surface area contributed by atoms with Gasteiger partial charge in [0.05, 0.1) is 17.2 Å². The van der Waals surface area contributed by atoms with Gasteiger partial charge in [0.2, 0.25) is 0 Å². The first kappa shape index (κ1) is 12.6. The van der Waals surface area contributed by atoms with E-state index in [0.29, 0.717) is 11.6 Å². The van der Waals surface area contributed by atoms with Gasteiger partial charge in [-0.1, -0.05) is 11.6 Å². The zero-order valence-corrected chi connectivity index (χ0v) is 10.9. The molecule has 94 valence electrons. The minimum Gasteiger partial charge on any atom is -0.372 e. The monoisotopic (exact) mass is 255 g/mol. The number of hydrogen-bond donors (Lipinski definition) is 1. The predicted molar refractivity (Wildman–Crippen MR) is 69.4 cm³/mol. The minimum atomic E-state index is 0.220.